The molecule has 1 aliphatic rings. The monoisotopic (exact) mass is 290 g/mol. The number of carbonyl (C=O) groups excluding carboxylic acids is 1. The minimum absolute atomic E-state index is 0.0397. The van der Waals surface area contributed by atoms with Gasteiger partial charge in [-0.2, -0.15) is 0 Å². The number of amides is 1. The van der Waals surface area contributed by atoms with Crippen molar-refractivity contribution < 1.29 is 13.2 Å². The number of hydrogen-bond acceptors (Lipinski definition) is 4. The highest BCUT2D eigenvalue weighted by Crippen LogP contribution is 2.20. The van der Waals surface area contributed by atoms with E-state index in [2.05, 4.69) is 19.0 Å². The number of sulfone groups is 1. The summed E-state index contributed by atoms with van der Waals surface area (Å²) < 4.78 is 22.9. The van der Waals surface area contributed by atoms with Crippen molar-refractivity contribution >= 4 is 15.7 Å². The molecule has 0 bridgehead atoms. The van der Waals surface area contributed by atoms with E-state index in [1.54, 1.807) is 11.8 Å². The summed E-state index contributed by atoms with van der Waals surface area (Å²) in [4.78, 5) is 15.8. The zero-order chi connectivity index (χ0) is 14.5. The van der Waals surface area contributed by atoms with E-state index in [0.717, 1.165) is 25.8 Å². The van der Waals surface area contributed by atoms with Gasteiger partial charge in [0.1, 0.15) is 5.75 Å². The Morgan fingerprint density at radius 2 is 1.84 bits per heavy atom. The Kier molecular flexibility index (Phi) is 6.26. The van der Waals surface area contributed by atoms with Crippen LogP contribution in [0.4, 0.5) is 0 Å². The van der Waals surface area contributed by atoms with Crippen LogP contribution in [0, 0.1) is 5.92 Å². The van der Waals surface area contributed by atoms with E-state index < -0.39 is 9.84 Å². The van der Waals surface area contributed by atoms with Gasteiger partial charge in [-0.3, -0.25) is 4.79 Å². The summed E-state index contributed by atoms with van der Waals surface area (Å²) in [6.45, 7) is 4.06. The first-order valence-electron chi connectivity index (χ1n) is 6.97. The van der Waals surface area contributed by atoms with E-state index in [1.165, 1.54) is 0 Å². The summed E-state index contributed by atoms with van der Waals surface area (Å²) in [5.74, 6) is 0.145. The topological polar surface area (TPSA) is 57.7 Å². The van der Waals surface area contributed by atoms with Gasteiger partial charge in [-0.05, 0) is 45.8 Å². The Bertz CT molecular complexity index is 385. The predicted octanol–water partition coefficient (Wildman–Crippen LogP) is 0.611. The van der Waals surface area contributed by atoms with Gasteiger partial charge >= 0.3 is 0 Å². The van der Waals surface area contributed by atoms with Gasteiger partial charge in [-0.1, -0.05) is 6.92 Å². The molecule has 1 heterocycles. The van der Waals surface area contributed by atoms with Crippen LogP contribution in [0.3, 0.4) is 0 Å². The molecule has 6 heteroatoms. The smallest absolute Gasteiger partial charge is 0.237 e. The van der Waals surface area contributed by atoms with E-state index in [0.29, 0.717) is 19.0 Å². The number of hydrogen-bond donors (Lipinski definition) is 0. The van der Waals surface area contributed by atoms with Crippen LogP contribution in [0.25, 0.3) is 0 Å². The van der Waals surface area contributed by atoms with E-state index >= 15 is 0 Å². The third-order valence-electron chi connectivity index (χ3n) is 3.74. The zero-order valence-electron chi connectivity index (χ0n) is 12.3. The Labute approximate surface area is 116 Å². The van der Waals surface area contributed by atoms with Crippen molar-refractivity contribution in [3.05, 3.63) is 0 Å². The summed E-state index contributed by atoms with van der Waals surface area (Å²) in [7, 11) is 0.927. The van der Waals surface area contributed by atoms with E-state index in [9.17, 15) is 13.2 Å². The van der Waals surface area contributed by atoms with Gasteiger partial charge in [0, 0.05) is 18.8 Å². The maximum absolute atomic E-state index is 11.9. The molecule has 0 radical (unpaired) electrons. The molecule has 1 aliphatic heterocycles. The normalized spacial score (nSPS) is 18.0. The molecule has 5 nitrogen and oxygen atoms in total. The number of rotatable bonds is 6. The molecule has 0 spiro atoms. The highest BCUT2D eigenvalue weighted by molar-refractivity contribution is 7.92. The second-order valence-corrected chi connectivity index (χ2v) is 7.95. The fourth-order valence-electron chi connectivity index (χ4n) is 2.29. The summed E-state index contributed by atoms with van der Waals surface area (Å²) in [5, 5.41) is 0. The second-order valence-electron chi connectivity index (χ2n) is 5.59. The fraction of sp³-hybridized carbons (Fsp3) is 0.923. The van der Waals surface area contributed by atoms with Crippen molar-refractivity contribution in [2.45, 2.75) is 26.2 Å². The van der Waals surface area contributed by atoms with Crippen LogP contribution in [-0.2, 0) is 14.6 Å². The third kappa shape index (κ3) is 5.91. The molecule has 1 rings (SSSR count). The molecule has 19 heavy (non-hydrogen) atoms. The van der Waals surface area contributed by atoms with Crippen LogP contribution in [0.15, 0.2) is 0 Å². The lowest BCUT2D eigenvalue weighted by atomic mass is 9.93. The van der Waals surface area contributed by atoms with Crippen LogP contribution in [-0.4, -0.2) is 69.4 Å². The van der Waals surface area contributed by atoms with Crippen LogP contribution >= 0.6 is 0 Å². The Balaban J connectivity index is 2.35. The van der Waals surface area contributed by atoms with Crippen molar-refractivity contribution in [1.29, 1.82) is 0 Å². The Hall–Kier alpha value is -0.620. The summed E-state index contributed by atoms with van der Waals surface area (Å²) in [6.07, 6.45) is 3.14. The third-order valence-corrected chi connectivity index (χ3v) is 5.30. The average Bonchev–Trinajstić information content (AvgIpc) is 2.36. The molecule has 0 aromatic heterocycles. The van der Waals surface area contributed by atoms with E-state index in [4.69, 9.17) is 0 Å². The van der Waals surface area contributed by atoms with Crippen LogP contribution in [0.5, 0.6) is 0 Å². The molecule has 0 N–H and O–H groups in total. The van der Waals surface area contributed by atoms with Gasteiger partial charge in [0.15, 0.2) is 9.84 Å². The van der Waals surface area contributed by atoms with Crippen molar-refractivity contribution in [1.82, 2.24) is 9.80 Å². The van der Waals surface area contributed by atoms with Crippen LogP contribution in [0.2, 0.25) is 0 Å². The summed E-state index contributed by atoms with van der Waals surface area (Å²) in [5.41, 5.74) is 0. The minimum Gasteiger partial charge on any atom is -0.342 e. The first-order valence-corrected chi connectivity index (χ1v) is 8.79. The molecule has 0 unspecified atom stereocenters. The summed E-state index contributed by atoms with van der Waals surface area (Å²) in [6, 6.07) is 0. The molecule has 0 aromatic carbocycles. The molecular weight excluding hydrogens is 264 g/mol. The molecule has 0 aliphatic carbocycles. The van der Waals surface area contributed by atoms with Crippen LogP contribution in [0.1, 0.15) is 26.2 Å². The van der Waals surface area contributed by atoms with E-state index in [-0.39, 0.29) is 17.4 Å². The van der Waals surface area contributed by atoms with Gasteiger partial charge in [-0.15, -0.1) is 0 Å². The minimum atomic E-state index is -3.20. The number of piperidine rings is 1. The van der Waals surface area contributed by atoms with Gasteiger partial charge in [0.05, 0.1) is 0 Å². The zero-order valence-corrected chi connectivity index (χ0v) is 13.1. The largest absolute Gasteiger partial charge is 0.342 e. The van der Waals surface area contributed by atoms with Gasteiger partial charge < -0.3 is 9.80 Å². The van der Waals surface area contributed by atoms with E-state index in [1.807, 2.05) is 0 Å². The number of carbonyl (C=O) groups is 1. The Morgan fingerprint density at radius 3 is 2.32 bits per heavy atom. The lowest BCUT2D eigenvalue weighted by Crippen LogP contribution is -2.42. The molecule has 1 fully saturated rings. The first kappa shape index (κ1) is 16.4. The van der Waals surface area contributed by atoms with Crippen molar-refractivity contribution in [2.75, 3.05) is 45.2 Å². The molecule has 1 saturated heterocycles. The number of nitrogens with zero attached hydrogens (tertiary/aromatic N) is 2. The van der Waals surface area contributed by atoms with Crippen molar-refractivity contribution in [3.63, 3.8) is 0 Å². The molecule has 0 saturated carbocycles. The lowest BCUT2D eigenvalue weighted by Gasteiger charge is -2.32. The molecule has 0 aromatic rings. The highest BCUT2D eigenvalue weighted by atomic mass is 32.2. The maximum Gasteiger partial charge on any atom is 0.237 e. The SMILES string of the molecule is CCS(=O)(=O)CC(=O)N1CCC(CCN(C)C)CC1. The second kappa shape index (κ2) is 7.24. The van der Waals surface area contributed by atoms with Crippen molar-refractivity contribution in [2.24, 2.45) is 5.92 Å². The molecule has 0 atom stereocenters. The highest BCUT2D eigenvalue weighted by Gasteiger charge is 2.25. The lowest BCUT2D eigenvalue weighted by molar-refractivity contribution is -0.129. The van der Waals surface area contributed by atoms with Crippen LogP contribution < -0.4 is 0 Å². The standard InChI is InChI=1S/C13H26N2O3S/c1-4-19(17,18)11-13(16)15-9-6-12(7-10-15)5-8-14(2)3/h12H,4-11H2,1-3H3. The van der Waals surface area contributed by atoms with Gasteiger partial charge in [0.2, 0.25) is 5.91 Å². The van der Waals surface area contributed by atoms with Gasteiger partial charge in [0.25, 0.3) is 0 Å². The summed E-state index contributed by atoms with van der Waals surface area (Å²) >= 11 is 0. The van der Waals surface area contributed by atoms with Gasteiger partial charge in [-0.25, -0.2) is 8.42 Å². The first-order chi connectivity index (χ1) is 8.84. The molecule has 1 amide bonds. The maximum atomic E-state index is 11.9. The fourth-order valence-corrected chi connectivity index (χ4v) is 3.06. The molecular formula is C13H26N2O3S. The number of likely N-dealkylation sites (tertiary alicyclic amines) is 1. The molecule has 112 valence electrons. The predicted molar refractivity (Wildman–Crippen MR) is 76.8 cm³/mol. The average molecular weight is 290 g/mol. The van der Waals surface area contributed by atoms with Crippen molar-refractivity contribution in [3.8, 4) is 0 Å². The Morgan fingerprint density at radius 1 is 1.26 bits per heavy atom. The quantitative estimate of drug-likeness (QED) is 0.719.